The van der Waals surface area contributed by atoms with Gasteiger partial charge in [0.15, 0.2) is 0 Å². The second kappa shape index (κ2) is 4.36. The molecule has 0 saturated carbocycles. The van der Waals surface area contributed by atoms with Gasteiger partial charge in [0.1, 0.15) is 0 Å². The summed E-state index contributed by atoms with van der Waals surface area (Å²) >= 11 is 0. The maximum absolute atomic E-state index is 12.2. The summed E-state index contributed by atoms with van der Waals surface area (Å²) in [7, 11) is 0. The number of amides is 1. The summed E-state index contributed by atoms with van der Waals surface area (Å²) in [6.45, 7) is 6.40. The number of hydrogen-bond donors (Lipinski definition) is 2. The van der Waals surface area contributed by atoms with Crippen molar-refractivity contribution in [3.05, 3.63) is 0 Å². The lowest BCUT2D eigenvalue weighted by Gasteiger charge is -2.29. The van der Waals surface area contributed by atoms with Crippen LogP contribution in [-0.2, 0) is 4.79 Å². The monoisotopic (exact) mass is 224 g/mol. The zero-order chi connectivity index (χ0) is 11.8. The summed E-state index contributed by atoms with van der Waals surface area (Å²) in [5.74, 6) is 0.480. The van der Waals surface area contributed by atoms with Crippen LogP contribution in [0.3, 0.4) is 0 Å². The number of fused-ring (bicyclic) bond motifs is 2. The fourth-order valence-corrected chi connectivity index (χ4v) is 3.23. The third kappa shape index (κ3) is 2.40. The lowest BCUT2D eigenvalue weighted by Crippen LogP contribution is -2.48. The molecule has 2 saturated heterocycles. The van der Waals surface area contributed by atoms with E-state index in [0.717, 1.165) is 19.3 Å². The van der Waals surface area contributed by atoms with Gasteiger partial charge in [-0.15, -0.1) is 0 Å². The molecular weight excluding hydrogens is 200 g/mol. The third-order valence-electron chi connectivity index (χ3n) is 3.97. The van der Waals surface area contributed by atoms with Crippen LogP contribution in [-0.4, -0.2) is 23.5 Å². The fourth-order valence-electron chi connectivity index (χ4n) is 3.23. The molecule has 0 spiro atoms. The molecule has 0 aliphatic carbocycles. The number of nitrogens with one attached hydrogen (secondary N) is 2. The molecule has 2 fully saturated rings. The van der Waals surface area contributed by atoms with E-state index in [1.54, 1.807) is 0 Å². The molecule has 2 aliphatic heterocycles. The van der Waals surface area contributed by atoms with Crippen LogP contribution in [0.5, 0.6) is 0 Å². The molecule has 2 bridgehead atoms. The van der Waals surface area contributed by atoms with Crippen LogP contribution in [0.1, 0.15) is 52.9 Å². The number of carbonyl (C=O) groups is 1. The van der Waals surface area contributed by atoms with E-state index in [2.05, 4.69) is 31.4 Å². The Morgan fingerprint density at radius 3 is 2.69 bits per heavy atom. The number of hydrogen-bond acceptors (Lipinski definition) is 2. The van der Waals surface area contributed by atoms with Crippen molar-refractivity contribution in [1.29, 1.82) is 0 Å². The molecule has 1 amide bonds. The van der Waals surface area contributed by atoms with E-state index in [-0.39, 0.29) is 17.4 Å². The Labute approximate surface area is 98.4 Å². The van der Waals surface area contributed by atoms with E-state index >= 15 is 0 Å². The van der Waals surface area contributed by atoms with Gasteiger partial charge in [-0.1, -0.05) is 13.3 Å². The van der Waals surface area contributed by atoms with Gasteiger partial charge in [-0.05, 0) is 39.5 Å². The van der Waals surface area contributed by atoms with Crippen molar-refractivity contribution in [3.8, 4) is 0 Å². The summed E-state index contributed by atoms with van der Waals surface area (Å²) in [5, 5.41) is 6.72. The Bertz CT molecular complexity index is 275. The third-order valence-corrected chi connectivity index (χ3v) is 3.97. The minimum absolute atomic E-state index is 0.0479. The van der Waals surface area contributed by atoms with Crippen LogP contribution in [0.15, 0.2) is 0 Å². The molecule has 0 radical (unpaired) electrons. The fraction of sp³-hybridized carbons (Fsp3) is 0.923. The van der Waals surface area contributed by atoms with E-state index in [1.807, 2.05) is 0 Å². The predicted octanol–water partition coefficient (Wildman–Crippen LogP) is 1.82. The average Bonchev–Trinajstić information content (AvgIpc) is 2.77. The topological polar surface area (TPSA) is 41.1 Å². The molecule has 0 aromatic rings. The molecule has 3 unspecified atom stereocenters. The first-order chi connectivity index (χ1) is 7.52. The molecule has 3 heteroatoms. The molecule has 16 heavy (non-hydrogen) atoms. The van der Waals surface area contributed by atoms with Gasteiger partial charge >= 0.3 is 0 Å². The van der Waals surface area contributed by atoms with Crippen molar-refractivity contribution in [3.63, 3.8) is 0 Å². The Kier molecular flexibility index (Phi) is 3.24. The van der Waals surface area contributed by atoms with Crippen LogP contribution < -0.4 is 10.6 Å². The number of carbonyl (C=O) groups excluding carboxylic acids is 1. The van der Waals surface area contributed by atoms with Crippen LogP contribution in [0.4, 0.5) is 0 Å². The standard InChI is InChI=1S/C13H24N2O/c1-4-7-13(2,3)15-12(16)10-8-9-5-6-11(10)14-9/h9-11,14H,4-8H2,1-3H3,(H,15,16). The molecule has 3 nitrogen and oxygen atoms in total. The first kappa shape index (κ1) is 11.9. The Morgan fingerprint density at radius 2 is 2.19 bits per heavy atom. The van der Waals surface area contributed by atoms with Crippen molar-refractivity contribution in [1.82, 2.24) is 10.6 Å². The summed E-state index contributed by atoms with van der Waals surface area (Å²) in [5.41, 5.74) is -0.0479. The van der Waals surface area contributed by atoms with Gasteiger partial charge in [0.05, 0.1) is 5.92 Å². The highest BCUT2D eigenvalue weighted by Crippen LogP contribution is 2.33. The second-order valence-corrected chi connectivity index (χ2v) is 6.01. The van der Waals surface area contributed by atoms with E-state index in [0.29, 0.717) is 12.1 Å². The molecule has 2 rings (SSSR count). The van der Waals surface area contributed by atoms with Crippen LogP contribution in [0.25, 0.3) is 0 Å². The van der Waals surface area contributed by atoms with Gasteiger partial charge in [-0.25, -0.2) is 0 Å². The highest BCUT2D eigenvalue weighted by atomic mass is 16.2. The molecule has 2 N–H and O–H groups in total. The maximum Gasteiger partial charge on any atom is 0.225 e. The summed E-state index contributed by atoms with van der Waals surface area (Å²) in [6, 6.07) is 1.05. The molecule has 0 aromatic heterocycles. The Morgan fingerprint density at radius 1 is 1.44 bits per heavy atom. The van der Waals surface area contributed by atoms with Crippen LogP contribution in [0.2, 0.25) is 0 Å². The summed E-state index contributed by atoms with van der Waals surface area (Å²) in [6.07, 6.45) is 5.64. The van der Waals surface area contributed by atoms with Gasteiger partial charge in [0, 0.05) is 17.6 Å². The van der Waals surface area contributed by atoms with Gasteiger partial charge in [-0.2, -0.15) is 0 Å². The molecule has 2 aliphatic rings. The zero-order valence-corrected chi connectivity index (χ0v) is 10.7. The smallest absolute Gasteiger partial charge is 0.225 e. The van der Waals surface area contributed by atoms with E-state index in [4.69, 9.17) is 0 Å². The van der Waals surface area contributed by atoms with Gasteiger partial charge in [0.2, 0.25) is 5.91 Å². The number of rotatable bonds is 4. The van der Waals surface area contributed by atoms with Crippen molar-refractivity contribution >= 4 is 5.91 Å². The van der Waals surface area contributed by atoms with Gasteiger partial charge in [-0.3, -0.25) is 4.79 Å². The van der Waals surface area contributed by atoms with Crippen molar-refractivity contribution < 1.29 is 4.79 Å². The lowest BCUT2D eigenvalue weighted by molar-refractivity contribution is -0.127. The van der Waals surface area contributed by atoms with E-state index in [9.17, 15) is 4.79 Å². The van der Waals surface area contributed by atoms with Crippen LogP contribution >= 0.6 is 0 Å². The molecule has 0 aromatic carbocycles. The highest BCUT2D eigenvalue weighted by molar-refractivity contribution is 5.80. The van der Waals surface area contributed by atoms with Gasteiger partial charge in [0.25, 0.3) is 0 Å². The van der Waals surface area contributed by atoms with E-state index in [1.165, 1.54) is 12.8 Å². The van der Waals surface area contributed by atoms with Crippen molar-refractivity contribution in [2.75, 3.05) is 0 Å². The SMILES string of the molecule is CCCC(C)(C)NC(=O)C1CC2CCC1N2. The maximum atomic E-state index is 12.2. The molecule has 92 valence electrons. The van der Waals surface area contributed by atoms with Crippen molar-refractivity contribution in [2.45, 2.75) is 70.5 Å². The van der Waals surface area contributed by atoms with E-state index < -0.39 is 0 Å². The summed E-state index contributed by atoms with van der Waals surface area (Å²) < 4.78 is 0. The molecule has 3 atom stereocenters. The Hall–Kier alpha value is -0.570. The first-order valence-corrected chi connectivity index (χ1v) is 6.60. The quantitative estimate of drug-likeness (QED) is 0.765. The van der Waals surface area contributed by atoms with Crippen molar-refractivity contribution in [2.24, 2.45) is 5.92 Å². The van der Waals surface area contributed by atoms with Crippen LogP contribution in [0, 0.1) is 5.92 Å². The normalized spacial score (nSPS) is 33.1. The largest absolute Gasteiger partial charge is 0.351 e. The molecule has 2 heterocycles. The minimum atomic E-state index is -0.0479. The highest BCUT2D eigenvalue weighted by Gasteiger charge is 2.43. The summed E-state index contributed by atoms with van der Waals surface area (Å²) in [4.78, 5) is 12.2. The lowest BCUT2D eigenvalue weighted by atomic mass is 9.87. The second-order valence-electron chi connectivity index (χ2n) is 6.01. The minimum Gasteiger partial charge on any atom is -0.351 e. The van der Waals surface area contributed by atoms with Gasteiger partial charge < -0.3 is 10.6 Å². The predicted molar refractivity (Wildman–Crippen MR) is 65.2 cm³/mol. The average molecular weight is 224 g/mol. The Balaban J connectivity index is 1.89. The first-order valence-electron chi connectivity index (χ1n) is 6.60. The zero-order valence-electron chi connectivity index (χ0n) is 10.7. The molecular formula is C13H24N2O.